The normalized spacial score (nSPS) is 11.9. The van der Waals surface area contributed by atoms with Gasteiger partial charge >= 0.3 is 0 Å². The molecule has 0 radical (unpaired) electrons. The van der Waals surface area contributed by atoms with Crippen molar-refractivity contribution in [3.05, 3.63) is 24.3 Å². The molecule has 0 bridgehead atoms. The lowest BCUT2D eigenvalue weighted by Crippen LogP contribution is -1.79. The highest BCUT2D eigenvalue weighted by atomic mass is 14.0. The van der Waals surface area contributed by atoms with Crippen molar-refractivity contribution in [2.24, 2.45) is 0 Å². The summed E-state index contributed by atoms with van der Waals surface area (Å²) in [5.41, 5.74) is 0. The Morgan fingerprint density at radius 3 is 1.19 bits per heavy atom. The minimum absolute atomic E-state index is 1.26. The minimum Gasteiger partial charge on any atom is -0.0885 e. The Bertz CT molecular complexity index is 224. The number of hydrogen-bond acceptors (Lipinski definition) is 0. The lowest BCUT2D eigenvalue weighted by molar-refractivity contribution is 0.599. The van der Waals surface area contributed by atoms with Gasteiger partial charge in [-0.05, 0) is 44.9 Å². The summed E-state index contributed by atoms with van der Waals surface area (Å²) in [5, 5.41) is 0. The van der Waals surface area contributed by atoms with Crippen molar-refractivity contribution in [3.8, 4) is 0 Å². The molecular weight excluding hydrogens is 252 g/mol. The van der Waals surface area contributed by atoms with E-state index in [9.17, 15) is 0 Å². The van der Waals surface area contributed by atoms with Crippen LogP contribution in [0.15, 0.2) is 24.3 Å². The van der Waals surface area contributed by atoms with E-state index in [2.05, 4.69) is 38.2 Å². The second-order valence-corrected chi connectivity index (χ2v) is 6.28. The summed E-state index contributed by atoms with van der Waals surface area (Å²) in [6, 6.07) is 0. The van der Waals surface area contributed by atoms with Gasteiger partial charge in [-0.3, -0.25) is 0 Å². The van der Waals surface area contributed by atoms with Crippen LogP contribution >= 0.6 is 0 Å². The lowest BCUT2D eigenvalue weighted by atomic mass is 10.1. The molecule has 21 heavy (non-hydrogen) atoms. The van der Waals surface area contributed by atoms with Crippen molar-refractivity contribution in [1.82, 2.24) is 0 Å². The molecule has 0 saturated carbocycles. The zero-order valence-electron chi connectivity index (χ0n) is 14.9. The average Bonchev–Trinajstić information content (AvgIpc) is 2.50. The van der Waals surface area contributed by atoms with Crippen molar-refractivity contribution in [1.29, 1.82) is 0 Å². The predicted octanol–water partition coefficient (Wildman–Crippen LogP) is 7.99. The van der Waals surface area contributed by atoms with E-state index in [0.29, 0.717) is 0 Å². The SMILES string of the molecule is CCCC=CCCCCCCCCC=CCCCCCC. The average molecular weight is 293 g/mol. The van der Waals surface area contributed by atoms with Crippen molar-refractivity contribution < 1.29 is 0 Å². The molecule has 124 valence electrons. The molecule has 0 aliphatic rings. The van der Waals surface area contributed by atoms with Crippen LogP contribution in [0.25, 0.3) is 0 Å². The molecule has 0 fully saturated rings. The van der Waals surface area contributed by atoms with Crippen LogP contribution in [-0.2, 0) is 0 Å². The molecule has 0 aromatic heterocycles. The van der Waals surface area contributed by atoms with Gasteiger partial charge in [0.15, 0.2) is 0 Å². The molecule has 0 heterocycles. The van der Waals surface area contributed by atoms with E-state index >= 15 is 0 Å². The van der Waals surface area contributed by atoms with Gasteiger partial charge in [0.05, 0.1) is 0 Å². The fraction of sp³-hybridized carbons (Fsp3) is 0.810. The molecule has 0 aromatic carbocycles. The predicted molar refractivity (Wildman–Crippen MR) is 98.9 cm³/mol. The molecule has 0 aromatic rings. The highest BCUT2D eigenvalue weighted by Gasteiger charge is 1.90. The standard InChI is InChI=1S/C21H40/c1-3-5-7-9-11-13-15-17-19-21-20-18-16-14-12-10-8-6-4-2/h7,9,14,16H,3-6,8,10-13,15,17-21H2,1-2H3. The Balaban J connectivity index is 3.06. The van der Waals surface area contributed by atoms with Gasteiger partial charge in [-0.15, -0.1) is 0 Å². The molecule has 0 amide bonds. The number of hydrogen-bond donors (Lipinski definition) is 0. The summed E-state index contributed by atoms with van der Waals surface area (Å²) >= 11 is 0. The van der Waals surface area contributed by atoms with Crippen molar-refractivity contribution >= 4 is 0 Å². The van der Waals surface area contributed by atoms with Crippen LogP contribution in [0.3, 0.4) is 0 Å². The number of unbranched alkanes of at least 4 members (excludes halogenated alkanes) is 12. The first-order valence-corrected chi connectivity index (χ1v) is 9.71. The van der Waals surface area contributed by atoms with Gasteiger partial charge in [0.1, 0.15) is 0 Å². The molecule has 0 saturated heterocycles. The Kier molecular flexibility index (Phi) is 19.0. The second kappa shape index (κ2) is 19.5. The summed E-state index contributed by atoms with van der Waals surface area (Å²) in [6.45, 7) is 4.52. The first-order valence-electron chi connectivity index (χ1n) is 9.71. The Hall–Kier alpha value is -0.520. The van der Waals surface area contributed by atoms with Crippen LogP contribution in [0.2, 0.25) is 0 Å². The molecule has 0 atom stereocenters. The van der Waals surface area contributed by atoms with Crippen LogP contribution in [0, 0.1) is 0 Å². The molecule has 0 aliphatic carbocycles. The van der Waals surface area contributed by atoms with E-state index in [1.165, 1.54) is 96.3 Å². The summed E-state index contributed by atoms with van der Waals surface area (Å²) in [6.07, 6.45) is 30.0. The van der Waals surface area contributed by atoms with Gasteiger partial charge in [0, 0.05) is 0 Å². The van der Waals surface area contributed by atoms with E-state index in [-0.39, 0.29) is 0 Å². The quantitative estimate of drug-likeness (QED) is 0.200. The smallest absolute Gasteiger partial charge is 0.0351 e. The van der Waals surface area contributed by atoms with Gasteiger partial charge in [0.2, 0.25) is 0 Å². The second-order valence-electron chi connectivity index (χ2n) is 6.28. The van der Waals surface area contributed by atoms with Crippen LogP contribution in [-0.4, -0.2) is 0 Å². The lowest BCUT2D eigenvalue weighted by Gasteiger charge is -1.99. The van der Waals surface area contributed by atoms with Crippen LogP contribution < -0.4 is 0 Å². The monoisotopic (exact) mass is 292 g/mol. The summed E-state index contributed by atoms with van der Waals surface area (Å²) in [7, 11) is 0. The third kappa shape index (κ3) is 19.5. The summed E-state index contributed by atoms with van der Waals surface area (Å²) in [4.78, 5) is 0. The highest BCUT2D eigenvalue weighted by Crippen LogP contribution is 2.10. The molecular formula is C21H40. The fourth-order valence-electron chi connectivity index (χ4n) is 2.56. The van der Waals surface area contributed by atoms with Crippen molar-refractivity contribution in [2.75, 3.05) is 0 Å². The van der Waals surface area contributed by atoms with Gasteiger partial charge in [-0.2, -0.15) is 0 Å². The first-order chi connectivity index (χ1) is 10.4. The highest BCUT2D eigenvalue weighted by molar-refractivity contribution is 4.81. The zero-order chi connectivity index (χ0) is 15.4. The molecule has 0 unspecified atom stereocenters. The molecule has 0 spiro atoms. The van der Waals surface area contributed by atoms with E-state index in [4.69, 9.17) is 0 Å². The van der Waals surface area contributed by atoms with Gasteiger partial charge in [-0.25, -0.2) is 0 Å². The summed E-state index contributed by atoms with van der Waals surface area (Å²) in [5.74, 6) is 0. The maximum Gasteiger partial charge on any atom is -0.0351 e. The van der Waals surface area contributed by atoms with Gasteiger partial charge in [-0.1, -0.05) is 89.5 Å². The maximum atomic E-state index is 2.41. The fourth-order valence-corrected chi connectivity index (χ4v) is 2.56. The Morgan fingerprint density at radius 2 is 0.762 bits per heavy atom. The van der Waals surface area contributed by atoms with Gasteiger partial charge in [0.25, 0.3) is 0 Å². The molecule has 0 nitrogen and oxygen atoms in total. The van der Waals surface area contributed by atoms with Gasteiger partial charge < -0.3 is 0 Å². The third-order valence-electron chi connectivity index (χ3n) is 4.00. The Labute approximate surface area is 135 Å². The van der Waals surface area contributed by atoms with E-state index < -0.39 is 0 Å². The maximum absolute atomic E-state index is 2.41. The third-order valence-corrected chi connectivity index (χ3v) is 4.00. The first kappa shape index (κ1) is 20.5. The summed E-state index contributed by atoms with van der Waals surface area (Å²) < 4.78 is 0. The Morgan fingerprint density at radius 1 is 0.381 bits per heavy atom. The van der Waals surface area contributed by atoms with Crippen LogP contribution in [0.5, 0.6) is 0 Å². The molecule has 0 heteroatoms. The largest absolute Gasteiger partial charge is 0.0885 e. The molecule has 0 aliphatic heterocycles. The topological polar surface area (TPSA) is 0 Å². The molecule has 0 N–H and O–H groups in total. The van der Waals surface area contributed by atoms with E-state index in [1.807, 2.05) is 0 Å². The van der Waals surface area contributed by atoms with Crippen molar-refractivity contribution in [3.63, 3.8) is 0 Å². The van der Waals surface area contributed by atoms with Crippen LogP contribution in [0.1, 0.15) is 110 Å². The zero-order valence-corrected chi connectivity index (χ0v) is 14.9. The van der Waals surface area contributed by atoms with Crippen molar-refractivity contribution in [2.45, 2.75) is 110 Å². The molecule has 0 rings (SSSR count). The minimum atomic E-state index is 1.26. The van der Waals surface area contributed by atoms with E-state index in [1.54, 1.807) is 0 Å². The number of allylic oxidation sites excluding steroid dienone is 4. The van der Waals surface area contributed by atoms with E-state index in [0.717, 1.165) is 0 Å². The number of rotatable bonds is 16. The van der Waals surface area contributed by atoms with Crippen LogP contribution in [0.4, 0.5) is 0 Å².